The van der Waals surface area contributed by atoms with Gasteiger partial charge in [0.25, 0.3) is 0 Å². The van der Waals surface area contributed by atoms with E-state index in [4.69, 9.17) is 0 Å². The number of amides is 1. The molecule has 1 N–H and O–H groups in total. The molecule has 1 aromatic carbocycles. The number of nitrogens with zero attached hydrogens (tertiary/aromatic N) is 2. The minimum atomic E-state index is -3.33. The van der Waals surface area contributed by atoms with E-state index in [0.29, 0.717) is 32.1 Å². The molecule has 0 aromatic heterocycles. The van der Waals surface area contributed by atoms with E-state index in [0.717, 1.165) is 12.0 Å². The molecule has 0 spiro atoms. The van der Waals surface area contributed by atoms with Gasteiger partial charge in [-0.3, -0.25) is 9.69 Å². The van der Waals surface area contributed by atoms with Gasteiger partial charge in [-0.25, -0.2) is 8.42 Å². The second-order valence-corrected chi connectivity index (χ2v) is 10.2. The fourth-order valence-corrected chi connectivity index (χ4v) is 5.76. The van der Waals surface area contributed by atoms with Gasteiger partial charge in [0.1, 0.15) is 0 Å². The molecule has 1 aromatic rings. The quantitative estimate of drug-likeness (QED) is 0.785. The summed E-state index contributed by atoms with van der Waals surface area (Å²) in [6, 6.07) is 9.32. The Kier molecular flexibility index (Phi) is 7.12. The molecule has 3 atom stereocenters. The van der Waals surface area contributed by atoms with Crippen molar-refractivity contribution < 1.29 is 13.2 Å². The van der Waals surface area contributed by atoms with Crippen LogP contribution in [0.15, 0.2) is 30.3 Å². The molecule has 156 valence electrons. The third-order valence-corrected chi connectivity index (χ3v) is 8.07. The average Bonchev–Trinajstić information content (AvgIpc) is 2.69. The number of rotatable bonds is 6. The molecule has 1 saturated carbocycles. The summed E-state index contributed by atoms with van der Waals surface area (Å²) in [4.78, 5) is 14.8. The highest BCUT2D eigenvalue weighted by molar-refractivity contribution is 7.88. The molecule has 7 heteroatoms. The molecule has 2 fully saturated rings. The number of hydrogen-bond donors (Lipinski definition) is 1. The Balaban J connectivity index is 1.50. The smallest absolute Gasteiger partial charge is 0.237 e. The first-order valence-electron chi connectivity index (χ1n) is 10.4. The van der Waals surface area contributed by atoms with Crippen LogP contribution in [0, 0.1) is 5.92 Å². The van der Waals surface area contributed by atoms with Crippen LogP contribution in [0.25, 0.3) is 0 Å². The Hall–Kier alpha value is -1.44. The van der Waals surface area contributed by atoms with Crippen molar-refractivity contribution in [2.45, 2.75) is 57.4 Å². The summed E-state index contributed by atoms with van der Waals surface area (Å²) in [7, 11) is -3.33. The zero-order valence-corrected chi connectivity index (χ0v) is 17.8. The van der Waals surface area contributed by atoms with Gasteiger partial charge in [-0.05, 0) is 31.2 Å². The number of piperazine rings is 1. The number of benzene rings is 1. The Morgan fingerprint density at radius 3 is 2.39 bits per heavy atom. The maximum Gasteiger partial charge on any atom is 0.237 e. The van der Waals surface area contributed by atoms with Crippen molar-refractivity contribution in [2.24, 2.45) is 5.92 Å². The van der Waals surface area contributed by atoms with Gasteiger partial charge in [0.05, 0.1) is 11.8 Å². The minimum Gasteiger partial charge on any atom is -0.352 e. The van der Waals surface area contributed by atoms with E-state index >= 15 is 0 Å². The van der Waals surface area contributed by atoms with E-state index in [2.05, 4.69) is 17.1 Å². The number of carbonyl (C=O) groups excluding carboxylic acids is 1. The predicted octanol–water partition coefficient (Wildman–Crippen LogP) is 2.22. The minimum absolute atomic E-state index is 0.0312. The van der Waals surface area contributed by atoms with Gasteiger partial charge in [0, 0.05) is 32.2 Å². The Morgan fingerprint density at radius 1 is 1.11 bits per heavy atom. The van der Waals surface area contributed by atoms with E-state index in [-0.39, 0.29) is 23.7 Å². The molecule has 2 aliphatic rings. The van der Waals surface area contributed by atoms with E-state index in [1.54, 1.807) is 4.31 Å². The van der Waals surface area contributed by atoms with E-state index in [1.165, 1.54) is 19.3 Å². The average molecular weight is 408 g/mol. The van der Waals surface area contributed by atoms with Crippen molar-refractivity contribution in [3.63, 3.8) is 0 Å². The van der Waals surface area contributed by atoms with E-state index in [9.17, 15) is 13.2 Å². The molecule has 1 aliphatic heterocycles. The molecular weight excluding hydrogens is 374 g/mol. The van der Waals surface area contributed by atoms with Gasteiger partial charge in [-0.1, -0.05) is 50.1 Å². The summed E-state index contributed by atoms with van der Waals surface area (Å²) in [6.07, 6.45) is 4.67. The van der Waals surface area contributed by atoms with Gasteiger partial charge < -0.3 is 5.32 Å². The molecule has 1 amide bonds. The van der Waals surface area contributed by atoms with Crippen LogP contribution in [-0.2, 0) is 20.6 Å². The number of carbonyl (C=O) groups is 1. The zero-order valence-electron chi connectivity index (χ0n) is 17.0. The van der Waals surface area contributed by atoms with Crippen LogP contribution in [0.1, 0.15) is 45.1 Å². The lowest BCUT2D eigenvalue weighted by Crippen LogP contribution is -2.56. The molecule has 1 aliphatic carbocycles. The number of hydrogen-bond acceptors (Lipinski definition) is 4. The molecule has 1 saturated heterocycles. The molecular formula is C21H33N3O3S. The molecule has 3 rings (SSSR count). The van der Waals surface area contributed by atoms with Gasteiger partial charge in [0.2, 0.25) is 15.9 Å². The normalized spacial score (nSPS) is 25.9. The third-order valence-electron chi connectivity index (χ3n) is 6.22. The SMILES string of the molecule is CC1CCCCC1NC(=O)C(C)N1CCN(S(=O)(=O)Cc2ccccc2)CC1. The van der Waals surface area contributed by atoms with Crippen molar-refractivity contribution >= 4 is 15.9 Å². The highest BCUT2D eigenvalue weighted by Crippen LogP contribution is 2.24. The first kappa shape index (κ1) is 21.3. The highest BCUT2D eigenvalue weighted by atomic mass is 32.2. The lowest BCUT2D eigenvalue weighted by atomic mass is 9.86. The first-order chi connectivity index (χ1) is 13.4. The van der Waals surface area contributed by atoms with Crippen molar-refractivity contribution in [2.75, 3.05) is 26.2 Å². The van der Waals surface area contributed by atoms with Crippen molar-refractivity contribution in [3.8, 4) is 0 Å². The second kappa shape index (κ2) is 9.37. The maximum absolute atomic E-state index is 12.7. The van der Waals surface area contributed by atoms with Gasteiger partial charge in [0.15, 0.2) is 0 Å². The Morgan fingerprint density at radius 2 is 1.75 bits per heavy atom. The van der Waals surface area contributed by atoms with Gasteiger partial charge >= 0.3 is 0 Å². The predicted molar refractivity (Wildman–Crippen MR) is 111 cm³/mol. The fourth-order valence-electron chi connectivity index (χ4n) is 4.25. The first-order valence-corrected chi connectivity index (χ1v) is 12.0. The maximum atomic E-state index is 12.7. The molecule has 0 radical (unpaired) electrons. The summed E-state index contributed by atoms with van der Waals surface area (Å²) in [6.45, 7) is 6.19. The van der Waals surface area contributed by atoms with Gasteiger partial charge in [-0.15, -0.1) is 0 Å². The van der Waals surface area contributed by atoms with Gasteiger partial charge in [-0.2, -0.15) is 4.31 Å². The molecule has 1 heterocycles. The second-order valence-electron chi connectivity index (χ2n) is 8.23. The van der Waals surface area contributed by atoms with Crippen LogP contribution in [0.2, 0.25) is 0 Å². The van der Waals surface area contributed by atoms with Crippen LogP contribution >= 0.6 is 0 Å². The summed E-state index contributed by atoms with van der Waals surface area (Å²) in [5.74, 6) is 0.632. The summed E-state index contributed by atoms with van der Waals surface area (Å²) in [5, 5.41) is 3.23. The Labute approximate surface area is 169 Å². The summed E-state index contributed by atoms with van der Waals surface area (Å²) in [5.41, 5.74) is 0.805. The van der Waals surface area contributed by atoms with Crippen molar-refractivity contribution in [3.05, 3.63) is 35.9 Å². The lowest BCUT2D eigenvalue weighted by Gasteiger charge is -2.38. The van der Waals surface area contributed by atoms with Crippen LogP contribution in [-0.4, -0.2) is 61.8 Å². The highest BCUT2D eigenvalue weighted by Gasteiger charge is 2.32. The topological polar surface area (TPSA) is 69.7 Å². The van der Waals surface area contributed by atoms with E-state index in [1.807, 2.05) is 37.3 Å². The fraction of sp³-hybridized carbons (Fsp3) is 0.667. The summed E-state index contributed by atoms with van der Waals surface area (Å²) >= 11 is 0. The van der Waals surface area contributed by atoms with Crippen LogP contribution < -0.4 is 5.32 Å². The molecule has 0 bridgehead atoms. The molecule has 28 heavy (non-hydrogen) atoms. The van der Waals surface area contributed by atoms with E-state index < -0.39 is 10.0 Å². The van der Waals surface area contributed by atoms with Crippen molar-refractivity contribution in [1.29, 1.82) is 0 Å². The molecule has 3 unspecified atom stereocenters. The third kappa shape index (κ3) is 5.33. The summed E-state index contributed by atoms with van der Waals surface area (Å²) < 4.78 is 26.9. The zero-order chi connectivity index (χ0) is 20.1. The number of sulfonamides is 1. The molecule has 6 nitrogen and oxygen atoms in total. The standard InChI is InChI=1S/C21H33N3O3S/c1-17-8-6-7-11-20(17)22-21(25)18(2)23-12-14-24(15-13-23)28(26,27)16-19-9-4-3-5-10-19/h3-5,9-10,17-18,20H,6-8,11-16H2,1-2H3,(H,22,25). The van der Waals surface area contributed by atoms with Crippen LogP contribution in [0.5, 0.6) is 0 Å². The lowest BCUT2D eigenvalue weighted by molar-refractivity contribution is -0.127. The number of nitrogens with one attached hydrogen (secondary N) is 1. The van der Waals surface area contributed by atoms with Crippen molar-refractivity contribution in [1.82, 2.24) is 14.5 Å². The van der Waals surface area contributed by atoms with Crippen LogP contribution in [0.3, 0.4) is 0 Å². The Bertz CT molecular complexity index is 745. The van der Waals surface area contributed by atoms with Crippen LogP contribution in [0.4, 0.5) is 0 Å². The largest absolute Gasteiger partial charge is 0.352 e. The monoisotopic (exact) mass is 407 g/mol.